The molecule has 7 nitrogen and oxygen atoms in total. The van der Waals surface area contributed by atoms with E-state index in [4.69, 9.17) is 0 Å². The molecule has 7 heteroatoms. The van der Waals surface area contributed by atoms with Gasteiger partial charge in [0.05, 0.1) is 24.7 Å². The average molecular weight is 396 g/mol. The van der Waals surface area contributed by atoms with Crippen molar-refractivity contribution in [1.29, 1.82) is 0 Å². The van der Waals surface area contributed by atoms with E-state index >= 15 is 0 Å². The maximum atomic E-state index is 13.1. The van der Waals surface area contributed by atoms with Gasteiger partial charge in [-0.25, -0.2) is 4.68 Å². The Morgan fingerprint density at radius 3 is 2.62 bits per heavy atom. The van der Waals surface area contributed by atoms with E-state index in [1.807, 2.05) is 10.7 Å². The standard InChI is InChI=1S/C22H30N6O/c1-4-15-11-12-19-16(13-15)14-18(22(29)23-19)20(27(5-2)6-3)21-24-25-26-28(21)17-9-7-8-10-17/h11-14,17,20H,4-10H2,1-3H3,(H,23,29)/p+1/t20-/m1/s1. The molecule has 29 heavy (non-hydrogen) atoms. The smallest absolute Gasteiger partial charge is 0.258 e. The lowest BCUT2D eigenvalue weighted by Crippen LogP contribution is -3.12. The van der Waals surface area contributed by atoms with Gasteiger partial charge in [-0.05, 0) is 72.7 Å². The molecule has 1 aliphatic carbocycles. The van der Waals surface area contributed by atoms with Gasteiger partial charge in [-0.1, -0.05) is 25.8 Å². The quantitative estimate of drug-likeness (QED) is 0.643. The van der Waals surface area contributed by atoms with E-state index in [1.54, 1.807) is 0 Å². The molecule has 0 bridgehead atoms. The molecule has 1 fully saturated rings. The second kappa shape index (κ2) is 8.45. The summed E-state index contributed by atoms with van der Waals surface area (Å²) in [6, 6.07) is 8.45. The summed E-state index contributed by atoms with van der Waals surface area (Å²) < 4.78 is 2.00. The average Bonchev–Trinajstić information content (AvgIpc) is 3.43. The molecule has 0 aliphatic heterocycles. The van der Waals surface area contributed by atoms with Crippen LogP contribution in [0.4, 0.5) is 0 Å². The SMILES string of the molecule is CCc1ccc2[nH]c(=O)c([C@H](c3nnnn3C3CCCC3)[NH+](CC)CC)cc2c1. The molecule has 2 heterocycles. The Morgan fingerprint density at radius 1 is 1.17 bits per heavy atom. The third-order valence-electron chi connectivity index (χ3n) is 6.42. The summed E-state index contributed by atoms with van der Waals surface area (Å²) in [6.45, 7) is 8.24. The zero-order valence-corrected chi connectivity index (χ0v) is 17.6. The van der Waals surface area contributed by atoms with Crippen molar-refractivity contribution in [3.05, 3.63) is 51.6 Å². The molecule has 4 rings (SSSR count). The third kappa shape index (κ3) is 3.71. The molecule has 1 aromatic carbocycles. The van der Waals surface area contributed by atoms with Crippen LogP contribution in [0.2, 0.25) is 0 Å². The predicted molar refractivity (Wildman–Crippen MR) is 113 cm³/mol. The van der Waals surface area contributed by atoms with E-state index in [1.165, 1.54) is 23.3 Å². The fraction of sp³-hybridized carbons (Fsp3) is 0.545. The summed E-state index contributed by atoms with van der Waals surface area (Å²) >= 11 is 0. The van der Waals surface area contributed by atoms with Crippen LogP contribution in [0.5, 0.6) is 0 Å². The number of hydrogen-bond acceptors (Lipinski definition) is 4. The summed E-state index contributed by atoms with van der Waals surface area (Å²) in [5.74, 6) is 0.812. The predicted octanol–water partition coefficient (Wildman–Crippen LogP) is 2.21. The normalized spacial score (nSPS) is 16.1. The van der Waals surface area contributed by atoms with Crippen molar-refractivity contribution in [2.75, 3.05) is 13.1 Å². The molecule has 0 amide bonds. The summed E-state index contributed by atoms with van der Waals surface area (Å²) in [7, 11) is 0. The Labute approximate surface area is 171 Å². The number of rotatable bonds is 7. The van der Waals surface area contributed by atoms with Gasteiger partial charge < -0.3 is 9.88 Å². The molecule has 3 aromatic rings. The molecule has 1 atom stereocenters. The van der Waals surface area contributed by atoms with Gasteiger partial charge in [0.25, 0.3) is 5.56 Å². The molecule has 0 unspecified atom stereocenters. The molecule has 0 saturated heterocycles. The van der Waals surface area contributed by atoms with Crippen LogP contribution in [0, 0.1) is 0 Å². The maximum absolute atomic E-state index is 13.1. The van der Waals surface area contributed by atoms with Crippen molar-refractivity contribution in [2.45, 2.75) is 65.0 Å². The van der Waals surface area contributed by atoms with E-state index in [-0.39, 0.29) is 11.6 Å². The Balaban J connectivity index is 1.88. The van der Waals surface area contributed by atoms with Crippen LogP contribution in [-0.2, 0) is 6.42 Å². The lowest BCUT2D eigenvalue weighted by Gasteiger charge is -2.26. The van der Waals surface area contributed by atoms with E-state index in [2.05, 4.69) is 59.5 Å². The minimum atomic E-state index is -0.181. The number of nitrogens with zero attached hydrogens (tertiary/aromatic N) is 4. The summed E-state index contributed by atoms with van der Waals surface area (Å²) in [5.41, 5.74) is 2.84. The van der Waals surface area contributed by atoms with Crippen molar-refractivity contribution in [3.63, 3.8) is 0 Å². The molecular weight excluding hydrogens is 364 g/mol. The summed E-state index contributed by atoms with van der Waals surface area (Å²) in [4.78, 5) is 17.5. The minimum absolute atomic E-state index is 0.0490. The lowest BCUT2D eigenvalue weighted by atomic mass is 10.0. The van der Waals surface area contributed by atoms with Crippen LogP contribution in [0.15, 0.2) is 29.1 Å². The van der Waals surface area contributed by atoms with Gasteiger partial charge in [-0.2, -0.15) is 0 Å². The highest BCUT2D eigenvalue weighted by Crippen LogP contribution is 2.31. The van der Waals surface area contributed by atoms with Gasteiger partial charge >= 0.3 is 0 Å². The number of H-pyrrole nitrogens is 1. The summed E-state index contributed by atoms with van der Waals surface area (Å²) in [5, 5.41) is 13.9. The lowest BCUT2D eigenvalue weighted by molar-refractivity contribution is -0.923. The molecule has 1 aliphatic rings. The number of aromatic nitrogens is 5. The van der Waals surface area contributed by atoms with E-state index in [9.17, 15) is 4.79 Å². The van der Waals surface area contributed by atoms with E-state index < -0.39 is 0 Å². The highest BCUT2D eigenvalue weighted by atomic mass is 16.1. The molecule has 0 spiro atoms. The number of hydrogen-bond donors (Lipinski definition) is 2. The van der Waals surface area contributed by atoms with Crippen LogP contribution >= 0.6 is 0 Å². The van der Waals surface area contributed by atoms with Crippen molar-refractivity contribution in [2.24, 2.45) is 0 Å². The van der Waals surface area contributed by atoms with Crippen molar-refractivity contribution < 1.29 is 4.90 Å². The minimum Gasteiger partial charge on any atom is -0.323 e. The molecule has 0 radical (unpaired) electrons. The highest BCUT2D eigenvalue weighted by Gasteiger charge is 2.34. The van der Waals surface area contributed by atoms with Crippen LogP contribution in [0.1, 0.15) is 75.5 Å². The van der Waals surface area contributed by atoms with E-state index in [0.717, 1.165) is 54.6 Å². The Morgan fingerprint density at radius 2 is 1.93 bits per heavy atom. The van der Waals surface area contributed by atoms with Crippen molar-refractivity contribution in [1.82, 2.24) is 25.2 Å². The van der Waals surface area contributed by atoms with Gasteiger partial charge in [0.15, 0.2) is 6.04 Å². The van der Waals surface area contributed by atoms with Gasteiger partial charge in [-0.15, -0.1) is 5.10 Å². The summed E-state index contributed by atoms with van der Waals surface area (Å²) in [6.07, 6.45) is 5.60. The van der Waals surface area contributed by atoms with Gasteiger partial charge in [-0.3, -0.25) is 4.79 Å². The number of nitrogens with one attached hydrogen (secondary N) is 2. The highest BCUT2D eigenvalue weighted by molar-refractivity contribution is 5.79. The van der Waals surface area contributed by atoms with Gasteiger partial charge in [0.2, 0.25) is 5.82 Å². The third-order valence-corrected chi connectivity index (χ3v) is 6.42. The Kier molecular flexibility index (Phi) is 5.76. The Bertz CT molecular complexity index is 1030. The largest absolute Gasteiger partial charge is 0.323 e. The molecule has 2 N–H and O–H groups in total. The number of quaternary nitrogens is 1. The van der Waals surface area contributed by atoms with Crippen LogP contribution in [-0.4, -0.2) is 38.3 Å². The van der Waals surface area contributed by atoms with Gasteiger partial charge in [0, 0.05) is 5.52 Å². The zero-order valence-electron chi connectivity index (χ0n) is 17.6. The maximum Gasteiger partial charge on any atom is 0.258 e. The molecule has 1 saturated carbocycles. The molecule has 154 valence electrons. The zero-order chi connectivity index (χ0) is 20.4. The number of pyridine rings is 1. The first-order valence-electron chi connectivity index (χ1n) is 10.9. The first-order chi connectivity index (χ1) is 14.2. The first kappa shape index (κ1) is 19.8. The number of benzene rings is 1. The van der Waals surface area contributed by atoms with Crippen molar-refractivity contribution >= 4 is 10.9 Å². The van der Waals surface area contributed by atoms with Gasteiger partial charge in [0.1, 0.15) is 0 Å². The van der Waals surface area contributed by atoms with Crippen LogP contribution in [0.25, 0.3) is 10.9 Å². The fourth-order valence-corrected chi connectivity index (χ4v) is 4.71. The second-order valence-corrected chi connectivity index (χ2v) is 8.05. The number of aryl methyl sites for hydroxylation is 1. The van der Waals surface area contributed by atoms with Crippen LogP contribution < -0.4 is 10.5 Å². The first-order valence-corrected chi connectivity index (χ1v) is 10.9. The monoisotopic (exact) mass is 395 g/mol. The van der Waals surface area contributed by atoms with Crippen molar-refractivity contribution in [3.8, 4) is 0 Å². The Hall–Kier alpha value is -2.54. The topological polar surface area (TPSA) is 80.9 Å². The van der Waals surface area contributed by atoms with Crippen LogP contribution in [0.3, 0.4) is 0 Å². The number of tetrazole rings is 1. The molecule has 2 aromatic heterocycles. The molecular formula is C22H31N6O+. The van der Waals surface area contributed by atoms with E-state index in [0.29, 0.717) is 6.04 Å². The fourth-order valence-electron chi connectivity index (χ4n) is 4.71. The number of aromatic amines is 1. The second-order valence-electron chi connectivity index (χ2n) is 8.05. The number of fused-ring (bicyclic) bond motifs is 1.